The molecule has 0 aliphatic heterocycles. The van der Waals surface area contributed by atoms with E-state index in [2.05, 4.69) is 90.4 Å². The van der Waals surface area contributed by atoms with E-state index in [0.29, 0.717) is 5.75 Å². The highest BCUT2D eigenvalue weighted by Crippen LogP contribution is 2.39. The number of hydrogen-bond acceptors (Lipinski definition) is 2. The summed E-state index contributed by atoms with van der Waals surface area (Å²) in [5.41, 5.74) is 8.84. The molecular formula is C31H25NO2. The van der Waals surface area contributed by atoms with Crippen molar-refractivity contribution in [1.29, 1.82) is 0 Å². The van der Waals surface area contributed by atoms with Gasteiger partial charge in [-0.1, -0.05) is 104 Å². The van der Waals surface area contributed by atoms with Gasteiger partial charge in [-0.15, -0.1) is 0 Å². The quantitative estimate of drug-likeness (QED) is 0.249. The first-order chi connectivity index (χ1) is 16.7. The first-order valence-electron chi connectivity index (χ1n) is 11.2. The summed E-state index contributed by atoms with van der Waals surface area (Å²) in [7, 11) is 0. The number of aliphatic hydroxyl groups is 1. The molecule has 0 radical (unpaired) electrons. The van der Waals surface area contributed by atoms with Crippen LogP contribution >= 0.6 is 0 Å². The molecular weight excluding hydrogens is 418 g/mol. The molecule has 0 saturated heterocycles. The molecule has 1 aromatic heterocycles. The maximum Gasteiger partial charge on any atom is 0.144 e. The molecule has 0 saturated carbocycles. The van der Waals surface area contributed by atoms with Gasteiger partial charge in [-0.25, -0.2) is 0 Å². The zero-order valence-electron chi connectivity index (χ0n) is 18.7. The molecule has 3 heteroatoms. The minimum absolute atomic E-state index is 0.000860. The van der Waals surface area contributed by atoms with Gasteiger partial charge in [0.25, 0.3) is 0 Å². The van der Waals surface area contributed by atoms with Gasteiger partial charge in [0.05, 0.1) is 5.69 Å². The van der Waals surface area contributed by atoms with E-state index < -0.39 is 0 Å². The molecule has 0 aliphatic rings. The Morgan fingerprint density at radius 2 is 1.26 bits per heavy atom. The van der Waals surface area contributed by atoms with E-state index in [1.807, 2.05) is 36.4 Å². The molecule has 0 amide bonds. The molecule has 0 aliphatic carbocycles. The summed E-state index contributed by atoms with van der Waals surface area (Å²) >= 11 is 0. The lowest BCUT2D eigenvalue weighted by molar-refractivity contribution is 0.272. The first kappa shape index (κ1) is 21.4. The Bertz CT molecular complexity index is 1360. The summed E-state index contributed by atoms with van der Waals surface area (Å²) in [6.07, 6.45) is 0. The highest BCUT2D eigenvalue weighted by molar-refractivity contribution is 5.90. The van der Waals surface area contributed by atoms with Crippen LogP contribution in [0.25, 0.3) is 44.8 Å². The van der Waals surface area contributed by atoms with Crippen molar-refractivity contribution in [2.45, 2.75) is 0 Å². The lowest BCUT2D eigenvalue weighted by atomic mass is 9.96. The van der Waals surface area contributed by atoms with Crippen LogP contribution in [0, 0.1) is 0 Å². The van der Waals surface area contributed by atoms with Crippen molar-refractivity contribution in [3.05, 3.63) is 128 Å². The van der Waals surface area contributed by atoms with Gasteiger partial charge >= 0.3 is 0 Å². The second-order valence-corrected chi connectivity index (χ2v) is 8.13. The number of hydrogen-bond donors (Lipinski definition) is 2. The molecule has 34 heavy (non-hydrogen) atoms. The summed E-state index contributed by atoms with van der Waals surface area (Å²) in [5.74, 6) is 0.683. The average Bonchev–Trinajstić information content (AvgIpc) is 3.34. The zero-order valence-corrected chi connectivity index (χ0v) is 18.7. The number of rotatable bonds is 7. The van der Waals surface area contributed by atoms with E-state index in [9.17, 15) is 5.11 Å². The van der Waals surface area contributed by atoms with Crippen molar-refractivity contribution in [2.75, 3.05) is 6.61 Å². The predicted octanol–water partition coefficient (Wildman–Crippen LogP) is 8.13. The van der Waals surface area contributed by atoms with Crippen molar-refractivity contribution < 1.29 is 9.84 Å². The molecule has 4 aromatic carbocycles. The topological polar surface area (TPSA) is 45.2 Å². The van der Waals surface area contributed by atoms with Gasteiger partial charge in [0.15, 0.2) is 0 Å². The summed E-state index contributed by atoms with van der Waals surface area (Å²) < 4.78 is 5.66. The Labute approximate surface area is 199 Å². The van der Waals surface area contributed by atoms with E-state index in [4.69, 9.17) is 4.74 Å². The van der Waals surface area contributed by atoms with E-state index >= 15 is 0 Å². The smallest absolute Gasteiger partial charge is 0.144 e. The van der Waals surface area contributed by atoms with E-state index in [-0.39, 0.29) is 12.4 Å². The molecule has 0 bridgehead atoms. The second-order valence-electron chi connectivity index (χ2n) is 8.13. The molecule has 0 atom stereocenters. The van der Waals surface area contributed by atoms with E-state index in [0.717, 1.165) is 39.2 Å². The largest absolute Gasteiger partial charge is 0.509 e. The van der Waals surface area contributed by atoms with E-state index in [1.165, 1.54) is 5.56 Å². The number of aliphatic hydroxyl groups excluding tert-OH is 1. The highest BCUT2D eigenvalue weighted by atomic mass is 16.5. The molecule has 3 nitrogen and oxygen atoms in total. The maximum absolute atomic E-state index is 9.39. The number of aromatic amines is 1. The molecule has 2 N–H and O–H groups in total. The average molecular weight is 444 g/mol. The van der Waals surface area contributed by atoms with Crippen molar-refractivity contribution in [2.24, 2.45) is 0 Å². The van der Waals surface area contributed by atoms with Gasteiger partial charge in [0.2, 0.25) is 0 Å². The number of H-pyrrole nitrogens is 1. The van der Waals surface area contributed by atoms with Crippen LogP contribution < -0.4 is 4.74 Å². The Kier molecular flexibility index (Phi) is 6.00. The Morgan fingerprint density at radius 3 is 1.97 bits per heavy atom. The molecule has 0 unspecified atom stereocenters. The summed E-state index contributed by atoms with van der Waals surface area (Å²) in [4.78, 5) is 3.70. The third-order valence-electron chi connectivity index (χ3n) is 5.73. The van der Waals surface area contributed by atoms with Crippen molar-refractivity contribution >= 4 is 0 Å². The predicted molar refractivity (Wildman–Crippen MR) is 140 cm³/mol. The number of aromatic nitrogens is 1. The van der Waals surface area contributed by atoms with Crippen molar-refractivity contribution in [3.63, 3.8) is 0 Å². The van der Waals surface area contributed by atoms with Gasteiger partial charge < -0.3 is 14.8 Å². The molecule has 5 rings (SSSR count). The SMILES string of the molecule is C=C(O)COc1cccc(-c2ccccc2-c2cc(-c3ccccc3)c(-c3ccccc3)[nH]2)c1. The first-order valence-corrected chi connectivity index (χ1v) is 11.2. The molecule has 5 aromatic rings. The van der Waals surface area contributed by atoms with Gasteiger partial charge in [0, 0.05) is 16.8 Å². The molecule has 0 fully saturated rings. The lowest BCUT2D eigenvalue weighted by Gasteiger charge is -2.11. The van der Waals surface area contributed by atoms with Crippen LogP contribution in [0.3, 0.4) is 0 Å². The van der Waals surface area contributed by atoms with Crippen LogP contribution in [0.4, 0.5) is 0 Å². The normalized spacial score (nSPS) is 10.7. The Morgan fingerprint density at radius 1 is 0.647 bits per heavy atom. The standard InChI is InChI=1S/C31H25NO2/c1-22(33)21-34-26-16-10-15-25(19-26)27-17-8-9-18-28(27)30-20-29(23-11-4-2-5-12-23)31(32-30)24-13-6-3-7-14-24/h2-20,32-33H,1,21H2. The Hall–Kier alpha value is -4.50. The second kappa shape index (κ2) is 9.55. The minimum Gasteiger partial charge on any atom is -0.509 e. The fraction of sp³-hybridized carbons (Fsp3) is 0.0323. The van der Waals surface area contributed by atoms with Crippen LogP contribution in [0.1, 0.15) is 0 Å². The van der Waals surface area contributed by atoms with Crippen LogP contribution in [-0.4, -0.2) is 16.7 Å². The van der Waals surface area contributed by atoms with Crippen LogP contribution in [-0.2, 0) is 0 Å². The molecule has 1 heterocycles. The number of nitrogens with one attached hydrogen (secondary N) is 1. The number of benzene rings is 4. The minimum atomic E-state index is -0.000860. The third kappa shape index (κ3) is 4.50. The van der Waals surface area contributed by atoms with E-state index in [1.54, 1.807) is 0 Å². The fourth-order valence-corrected chi connectivity index (χ4v) is 4.17. The summed E-state index contributed by atoms with van der Waals surface area (Å²) in [6.45, 7) is 3.56. The van der Waals surface area contributed by atoms with Crippen molar-refractivity contribution in [1.82, 2.24) is 4.98 Å². The molecule has 166 valence electrons. The zero-order chi connectivity index (χ0) is 23.3. The van der Waals surface area contributed by atoms with Crippen LogP contribution in [0.2, 0.25) is 0 Å². The highest BCUT2D eigenvalue weighted by Gasteiger charge is 2.16. The summed E-state index contributed by atoms with van der Waals surface area (Å²) in [6, 6.07) is 39.3. The summed E-state index contributed by atoms with van der Waals surface area (Å²) in [5, 5.41) is 9.39. The van der Waals surface area contributed by atoms with Gasteiger partial charge in [0.1, 0.15) is 18.1 Å². The Balaban J connectivity index is 1.62. The monoisotopic (exact) mass is 443 g/mol. The van der Waals surface area contributed by atoms with Crippen LogP contribution in [0.5, 0.6) is 5.75 Å². The number of ether oxygens (including phenoxy) is 1. The van der Waals surface area contributed by atoms with Crippen molar-refractivity contribution in [3.8, 4) is 50.5 Å². The maximum atomic E-state index is 9.39. The molecule has 0 spiro atoms. The van der Waals surface area contributed by atoms with Gasteiger partial charge in [-0.3, -0.25) is 0 Å². The fourth-order valence-electron chi connectivity index (χ4n) is 4.17. The van der Waals surface area contributed by atoms with Gasteiger partial charge in [-0.2, -0.15) is 0 Å². The van der Waals surface area contributed by atoms with Gasteiger partial charge in [-0.05, 0) is 40.5 Å². The third-order valence-corrected chi connectivity index (χ3v) is 5.73. The lowest BCUT2D eigenvalue weighted by Crippen LogP contribution is -1.99. The van der Waals surface area contributed by atoms with Crippen LogP contribution in [0.15, 0.2) is 128 Å².